The molecule has 0 aromatic heterocycles. The lowest BCUT2D eigenvalue weighted by molar-refractivity contribution is 0.0746. The minimum atomic E-state index is -0.465. The number of rotatable bonds is 3. The summed E-state index contributed by atoms with van der Waals surface area (Å²) in [6, 6.07) is 7.53. The molecule has 0 aliphatic rings. The van der Waals surface area contributed by atoms with Gasteiger partial charge in [0.1, 0.15) is 6.07 Å². The maximum Gasteiger partial charge on any atom is 0.101 e. The van der Waals surface area contributed by atoms with Crippen LogP contribution in [-0.4, -0.2) is 17.8 Å². The molecule has 1 unspecified atom stereocenters. The van der Waals surface area contributed by atoms with Crippen molar-refractivity contribution in [3.63, 3.8) is 0 Å². The summed E-state index contributed by atoms with van der Waals surface area (Å²) in [5, 5.41) is 22.0. The Morgan fingerprint density at radius 2 is 2.12 bits per heavy atom. The van der Waals surface area contributed by atoms with Gasteiger partial charge in [-0.15, -0.1) is 0 Å². The normalized spacial score (nSPS) is 12.9. The predicted molar refractivity (Wildman–Crippen MR) is 72.8 cm³/mol. The molecule has 2 N–H and O–H groups in total. The zero-order valence-corrected chi connectivity index (χ0v) is 11.9. The molecule has 1 atom stereocenters. The molecule has 3 nitrogen and oxygen atoms in total. The van der Waals surface area contributed by atoms with Crippen LogP contribution in [0.5, 0.6) is 0 Å². The second kappa shape index (κ2) is 5.52. The van der Waals surface area contributed by atoms with Gasteiger partial charge in [-0.25, -0.2) is 0 Å². The predicted octanol–water partition coefficient (Wildman–Crippen LogP) is 3.14. The van der Waals surface area contributed by atoms with E-state index in [4.69, 9.17) is 5.26 Å². The molecule has 17 heavy (non-hydrogen) atoms. The molecule has 0 saturated heterocycles. The molecule has 1 aromatic rings. The summed E-state index contributed by atoms with van der Waals surface area (Å²) in [6.45, 7) is 6.36. The maximum atomic E-state index is 9.92. The first-order chi connectivity index (χ1) is 7.84. The number of aliphatic hydroxyl groups excluding tert-OH is 1. The molecular weight excluding hydrogens is 280 g/mol. The summed E-state index contributed by atoms with van der Waals surface area (Å²) in [5.41, 5.74) is 1.14. The molecule has 0 fully saturated rings. The van der Waals surface area contributed by atoms with E-state index in [9.17, 15) is 5.11 Å². The third-order valence-electron chi connectivity index (χ3n) is 2.59. The highest BCUT2D eigenvalue weighted by Crippen LogP contribution is 2.23. The third-order valence-corrected chi connectivity index (χ3v) is 3.08. The number of hydrogen-bond acceptors (Lipinski definition) is 3. The van der Waals surface area contributed by atoms with E-state index in [2.05, 4.69) is 27.3 Å². The Bertz CT molecular complexity index is 432. The Hall–Kier alpha value is -1.05. The van der Waals surface area contributed by atoms with Crippen molar-refractivity contribution in [1.82, 2.24) is 0 Å². The molecule has 0 aliphatic heterocycles. The highest BCUT2D eigenvalue weighted by atomic mass is 79.9. The number of nitrogens with one attached hydrogen (secondary N) is 1. The average Bonchev–Trinajstić information content (AvgIpc) is 2.24. The molecule has 0 amide bonds. The maximum absolute atomic E-state index is 9.92. The summed E-state index contributed by atoms with van der Waals surface area (Å²) in [5.74, 6) is 0. The number of nitriles is 1. The number of halogens is 1. The van der Waals surface area contributed by atoms with Gasteiger partial charge in [0.15, 0.2) is 0 Å². The molecule has 0 radical (unpaired) electrons. The lowest BCUT2D eigenvalue weighted by Crippen LogP contribution is -2.33. The largest absolute Gasteiger partial charge is 0.391 e. The Kier molecular flexibility index (Phi) is 4.55. The van der Waals surface area contributed by atoms with Crippen molar-refractivity contribution in [2.45, 2.75) is 26.9 Å². The molecule has 0 aliphatic carbocycles. The first-order valence-electron chi connectivity index (χ1n) is 5.46. The second-order valence-electron chi connectivity index (χ2n) is 5.06. The topological polar surface area (TPSA) is 56.0 Å². The van der Waals surface area contributed by atoms with Crippen molar-refractivity contribution in [1.29, 1.82) is 5.26 Å². The highest BCUT2D eigenvalue weighted by molar-refractivity contribution is 9.10. The van der Waals surface area contributed by atoms with Gasteiger partial charge in [-0.05, 0) is 23.6 Å². The molecule has 0 spiro atoms. The van der Waals surface area contributed by atoms with E-state index in [1.807, 2.05) is 32.9 Å². The van der Waals surface area contributed by atoms with Crippen LogP contribution in [0.3, 0.4) is 0 Å². The zero-order chi connectivity index (χ0) is 13.1. The van der Waals surface area contributed by atoms with E-state index < -0.39 is 6.10 Å². The number of anilines is 1. The fraction of sp³-hybridized carbons (Fsp3) is 0.462. The SMILES string of the molecule is CC(C)(C)C(O)CNc1cc(Br)ccc1C#N. The van der Waals surface area contributed by atoms with Gasteiger partial charge >= 0.3 is 0 Å². The summed E-state index contributed by atoms with van der Waals surface area (Å²) < 4.78 is 0.907. The minimum absolute atomic E-state index is 0.175. The van der Waals surface area contributed by atoms with Crippen LogP contribution >= 0.6 is 15.9 Å². The molecule has 92 valence electrons. The van der Waals surface area contributed by atoms with Crippen molar-refractivity contribution >= 4 is 21.6 Å². The summed E-state index contributed by atoms with van der Waals surface area (Å²) >= 11 is 3.36. The molecule has 1 rings (SSSR count). The van der Waals surface area contributed by atoms with Gasteiger partial charge in [-0.2, -0.15) is 5.26 Å². The number of benzene rings is 1. The van der Waals surface area contributed by atoms with Crippen LogP contribution < -0.4 is 5.32 Å². The van der Waals surface area contributed by atoms with E-state index in [1.54, 1.807) is 6.07 Å². The van der Waals surface area contributed by atoms with Crippen molar-refractivity contribution < 1.29 is 5.11 Å². The van der Waals surface area contributed by atoms with E-state index in [0.717, 1.165) is 10.2 Å². The van der Waals surface area contributed by atoms with Gasteiger partial charge in [-0.1, -0.05) is 36.7 Å². The lowest BCUT2D eigenvalue weighted by atomic mass is 9.89. The van der Waals surface area contributed by atoms with Crippen LogP contribution in [0.4, 0.5) is 5.69 Å². The van der Waals surface area contributed by atoms with E-state index >= 15 is 0 Å². The Labute approximate surface area is 111 Å². The zero-order valence-electron chi connectivity index (χ0n) is 10.3. The summed E-state index contributed by atoms with van der Waals surface area (Å²) in [6.07, 6.45) is -0.465. The second-order valence-corrected chi connectivity index (χ2v) is 5.98. The van der Waals surface area contributed by atoms with Crippen LogP contribution in [-0.2, 0) is 0 Å². The quantitative estimate of drug-likeness (QED) is 0.901. The molecule has 0 bridgehead atoms. The average molecular weight is 297 g/mol. The van der Waals surface area contributed by atoms with Crippen LogP contribution in [0.15, 0.2) is 22.7 Å². The van der Waals surface area contributed by atoms with Gasteiger partial charge in [-0.3, -0.25) is 0 Å². The summed E-state index contributed by atoms with van der Waals surface area (Å²) in [4.78, 5) is 0. The first-order valence-corrected chi connectivity index (χ1v) is 6.25. The third kappa shape index (κ3) is 4.03. The Morgan fingerprint density at radius 3 is 2.65 bits per heavy atom. The smallest absolute Gasteiger partial charge is 0.101 e. The molecule has 0 saturated carbocycles. The van der Waals surface area contributed by atoms with Crippen LogP contribution in [0, 0.1) is 16.7 Å². The van der Waals surface area contributed by atoms with Crippen LogP contribution in [0.25, 0.3) is 0 Å². The van der Waals surface area contributed by atoms with Gasteiger partial charge in [0.2, 0.25) is 0 Å². The molecular formula is C13H17BrN2O. The number of nitrogens with zero attached hydrogens (tertiary/aromatic N) is 1. The molecule has 1 aromatic carbocycles. The Balaban J connectivity index is 2.76. The minimum Gasteiger partial charge on any atom is -0.391 e. The number of hydrogen-bond donors (Lipinski definition) is 2. The van der Waals surface area contributed by atoms with Crippen molar-refractivity contribution in [2.24, 2.45) is 5.41 Å². The highest BCUT2D eigenvalue weighted by Gasteiger charge is 2.21. The van der Waals surface area contributed by atoms with Crippen LogP contribution in [0.1, 0.15) is 26.3 Å². The van der Waals surface area contributed by atoms with E-state index in [1.165, 1.54) is 0 Å². The molecule has 4 heteroatoms. The van der Waals surface area contributed by atoms with Crippen molar-refractivity contribution in [3.8, 4) is 6.07 Å². The summed E-state index contributed by atoms with van der Waals surface area (Å²) in [7, 11) is 0. The van der Waals surface area contributed by atoms with Crippen molar-refractivity contribution in [3.05, 3.63) is 28.2 Å². The van der Waals surface area contributed by atoms with E-state index in [-0.39, 0.29) is 5.41 Å². The van der Waals surface area contributed by atoms with Gasteiger partial charge < -0.3 is 10.4 Å². The van der Waals surface area contributed by atoms with Gasteiger partial charge in [0, 0.05) is 11.0 Å². The fourth-order valence-electron chi connectivity index (χ4n) is 1.27. The van der Waals surface area contributed by atoms with E-state index in [0.29, 0.717) is 12.1 Å². The Morgan fingerprint density at radius 1 is 1.47 bits per heavy atom. The first kappa shape index (κ1) is 14.0. The van der Waals surface area contributed by atoms with Gasteiger partial charge in [0.25, 0.3) is 0 Å². The van der Waals surface area contributed by atoms with Gasteiger partial charge in [0.05, 0.1) is 17.4 Å². The number of aliphatic hydroxyl groups is 1. The van der Waals surface area contributed by atoms with Crippen molar-refractivity contribution in [2.75, 3.05) is 11.9 Å². The molecule has 0 heterocycles. The monoisotopic (exact) mass is 296 g/mol. The standard InChI is InChI=1S/C13H17BrN2O/c1-13(2,3)12(17)8-16-11-6-10(14)5-4-9(11)7-15/h4-6,12,16-17H,8H2,1-3H3. The lowest BCUT2D eigenvalue weighted by Gasteiger charge is -2.26. The fourth-order valence-corrected chi connectivity index (χ4v) is 1.63. The van der Waals surface area contributed by atoms with Crippen LogP contribution in [0.2, 0.25) is 0 Å².